The Hall–Kier alpha value is -1.71. The fourth-order valence-electron chi connectivity index (χ4n) is 2.47. The van der Waals surface area contributed by atoms with Gasteiger partial charge in [-0.2, -0.15) is 0 Å². The van der Waals surface area contributed by atoms with Crippen molar-refractivity contribution in [1.82, 2.24) is 9.55 Å². The molecule has 0 unspecified atom stereocenters. The first-order chi connectivity index (χ1) is 11.5. The Kier molecular flexibility index (Phi) is 5.32. The molecule has 2 nitrogen and oxygen atoms in total. The number of hydrogen-bond acceptors (Lipinski definition) is 2. The van der Waals surface area contributed by atoms with Gasteiger partial charge in [0.2, 0.25) is 0 Å². The van der Waals surface area contributed by atoms with Crippen molar-refractivity contribution < 1.29 is 0 Å². The Labute approximate surface area is 152 Å². The van der Waals surface area contributed by atoms with Crippen LogP contribution in [0.25, 0.3) is 16.9 Å². The zero-order chi connectivity index (χ0) is 17.1. The largest absolute Gasteiger partial charge is 0.287 e. The number of rotatable bonds is 5. The van der Waals surface area contributed by atoms with Crippen molar-refractivity contribution in [1.29, 1.82) is 0 Å². The maximum absolute atomic E-state index is 6.22. The molecule has 0 bridgehead atoms. The van der Waals surface area contributed by atoms with Gasteiger partial charge in [-0.1, -0.05) is 73.1 Å². The van der Waals surface area contributed by atoms with E-state index in [2.05, 4.69) is 60.7 Å². The number of aromatic nitrogens is 2. The fourth-order valence-corrected chi connectivity index (χ4v) is 3.60. The number of aryl methyl sites for hydroxylation is 1. The Morgan fingerprint density at radius 1 is 1.12 bits per heavy atom. The molecule has 0 saturated carbocycles. The van der Waals surface area contributed by atoms with Crippen LogP contribution in [0.4, 0.5) is 0 Å². The highest BCUT2D eigenvalue weighted by molar-refractivity contribution is 7.99. The molecular formula is C20H21ClN2S. The lowest BCUT2D eigenvalue weighted by molar-refractivity contribution is 0.746. The van der Waals surface area contributed by atoms with Gasteiger partial charge in [0, 0.05) is 22.0 Å². The van der Waals surface area contributed by atoms with E-state index in [4.69, 9.17) is 11.6 Å². The van der Waals surface area contributed by atoms with Crippen LogP contribution in [0.2, 0.25) is 5.02 Å². The van der Waals surface area contributed by atoms with Crippen LogP contribution in [0.1, 0.15) is 19.4 Å². The summed E-state index contributed by atoms with van der Waals surface area (Å²) in [6.07, 6.45) is 1.95. The van der Waals surface area contributed by atoms with Gasteiger partial charge in [-0.05, 0) is 31.0 Å². The van der Waals surface area contributed by atoms with Crippen LogP contribution >= 0.6 is 23.4 Å². The molecule has 0 aliphatic rings. The molecule has 0 saturated heterocycles. The van der Waals surface area contributed by atoms with Crippen molar-refractivity contribution >= 4 is 23.4 Å². The van der Waals surface area contributed by atoms with E-state index in [-0.39, 0.29) is 0 Å². The molecular weight excluding hydrogens is 336 g/mol. The maximum atomic E-state index is 6.22. The summed E-state index contributed by atoms with van der Waals surface area (Å²) in [6.45, 7) is 6.54. The summed E-state index contributed by atoms with van der Waals surface area (Å²) in [5, 5.41) is 1.73. The molecule has 4 heteroatoms. The van der Waals surface area contributed by atoms with Crippen LogP contribution in [0.3, 0.4) is 0 Å². The first kappa shape index (κ1) is 17.1. The van der Waals surface area contributed by atoms with Crippen LogP contribution in [-0.4, -0.2) is 15.3 Å². The molecule has 0 radical (unpaired) electrons. The summed E-state index contributed by atoms with van der Waals surface area (Å²) in [7, 11) is 0. The fraction of sp³-hybridized carbons (Fsp3) is 0.250. The van der Waals surface area contributed by atoms with Crippen molar-refractivity contribution in [2.75, 3.05) is 5.75 Å². The van der Waals surface area contributed by atoms with E-state index in [9.17, 15) is 0 Å². The van der Waals surface area contributed by atoms with E-state index in [0.717, 1.165) is 32.9 Å². The number of imidazole rings is 1. The molecule has 3 rings (SSSR count). The number of benzene rings is 2. The van der Waals surface area contributed by atoms with Crippen molar-refractivity contribution in [3.63, 3.8) is 0 Å². The van der Waals surface area contributed by atoms with Crippen molar-refractivity contribution in [3.05, 3.63) is 65.3 Å². The second kappa shape index (κ2) is 7.45. The number of halogens is 1. The smallest absolute Gasteiger partial charge is 0.173 e. The lowest BCUT2D eigenvalue weighted by Gasteiger charge is -2.13. The lowest BCUT2D eigenvalue weighted by atomic mass is 10.1. The summed E-state index contributed by atoms with van der Waals surface area (Å²) in [4.78, 5) is 4.68. The molecule has 0 aliphatic carbocycles. The number of nitrogens with zero attached hydrogens (tertiary/aromatic N) is 2. The van der Waals surface area contributed by atoms with Crippen molar-refractivity contribution in [3.8, 4) is 16.9 Å². The Balaban J connectivity index is 2.10. The predicted molar refractivity (Wildman–Crippen MR) is 104 cm³/mol. The first-order valence-corrected chi connectivity index (χ1v) is 9.44. The first-order valence-electron chi connectivity index (χ1n) is 8.08. The third-order valence-corrected chi connectivity index (χ3v) is 5.30. The van der Waals surface area contributed by atoms with E-state index in [1.165, 1.54) is 5.56 Å². The highest BCUT2D eigenvalue weighted by atomic mass is 35.5. The molecule has 1 aromatic heterocycles. The molecule has 1 heterocycles. The van der Waals surface area contributed by atoms with Gasteiger partial charge in [0.05, 0.1) is 11.9 Å². The highest BCUT2D eigenvalue weighted by Crippen LogP contribution is 2.31. The molecule has 2 aromatic carbocycles. The van der Waals surface area contributed by atoms with Crippen LogP contribution in [-0.2, 0) is 0 Å². The second-order valence-corrected chi connectivity index (χ2v) is 7.74. The van der Waals surface area contributed by atoms with Gasteiger partial charge in [-0.3, -0.25) is 4.57 Å². The van der Waals surface area contributed by atoms with Crippen LogP contribution < -0.4 is 0 Å². The molecule has 124 valence electrons. The molecule has 0 spiro atoms. The zero-order valence-corrected chi connectivity index (χ0v) is 15.7. The lowest BCUT2D eigenvalue weighted by Crippen LogP contribution is -2.01. The summed E-state index contributed by atoms with van der Waals surface area (Å²) < 4.78 is 2.20. The minimum absolute atomic E-state index is 0.613. The summed E-state index contributed by atoms with van der Waals surface area (Å²) >= 11 is 8.00. The van der Waals surface area contributed by atoms with E-state index in [0.29, 0.717) is 5.92 Å². The van der Waals surface area contributed by atoms with E-state index in [1.807, 2.05) is 24.4 Å². The zero-order valence-electron chi connectivity index (χ0n) is 14.2. The molecule has 0 aliphatic heterocycles. The summed E-state index contributed by atoms with van der Waals surface area (Å²) in [6, 6.07) is 16.5. The molecule has 3 aromatic rings. The minimum Gasteiger partial charge on any atom is -0.287 e. The van der Waals surface area contributed by atoms with Gasteiger partial charge < -0.3 is 0 Å². The number of hydrogen-bond donors (Lipinski definition) is 0. The van der Waals surface area contributed by atoms with Gasteiger partial charge in [0.25, 0.3) is 0 Å². The van der Waals surface area contributed by atoms with E-state index in [1.54, 1.807) is 11.8 Å². The second-order valence-electron chi connectivity index (χ2n) is 6.31. The van der Waals surface area contributed by atoms with Crippen molar-refractivity contribution in [2.24, 2.45) is 5.92 Å². The molecule has 0 N–H and O–H groups in total. The third-order valence-electron chi connectivity index (χ3n) is 3.69. The van der Waals surface area contributed by atoms with Gasteiger partial charge >= 0.3 is 0 Å². The highest BCUT2D eigenvalue weighted by Gasteiger charge is 2.15. The maximum Gasteiger partial charge on any atom is 0.173 e. The quantitative estimate of drug-likeness (QED) is 0.503. The van der Waals surface area contributed by atoms with Crippen molar-refractivity contribution in [2.45, 2.75) is 25.9 Å². The third kappa shape index (κ3) is 3.85. The van der Waals surface area contributed by atoms with Gasteiger partial charge in [0.1, 0.15) is 0 Å². The monoisotopic (exact) mass is 356 g/mol. The average molecular weight is 357 g/mol. The Bertz CT molecular complexity index is 822. The standard InChI is InChI=1S/C20H21ClN2S/c1-14(2)13-24-20-22-12-19(16-9-7-15(3)8-10-16)23(20)18-6-4-5-17(21)11-18/h4-12,14H,13H2,1-3H3. The Morgan fingerprint density at radius 3 is 2.54 bits per heavy atom. The molecule has 24 heavy (non-hydrogen) atoms. The predicted octanol–water partition coefficient (Wildman–Crippen LogP) is 6.25. The molecule has 0 atom stereocenters. The van der Waals surface area contributed by atoms with E-state index < -0.39 is 0 Å². The van der Waals surface area contributed by atoms with Crippen LogP contribution in [0.5, 0.6) is 0 Å². The summed E-state index contributed by atoms with van der Waals surface area (Å²) in [5.74, 6) is 1.65. The molecule has 0 fully saturated rings. The minimum atomic E-state index is 0.613. The van der Waals surface area contributed by atoms with E-state index >= 15 is 0 Å². The summed E-state index contributed by atoms with van der Waals surface area (Å²) in [5.41, 5.74) is 4.54. The van der Waals surface area contributed by atoms with Gasteiger partial charge in [0.15, 0.2) is 5.16 Å². The average Bonchev–Trinajstić information content (AvgIpc) is 2.97. The number of thioether (sulfide) groups is 1. The van der Waals surface area contributed by atoms with Crippen LogP contribution in [0.15, 0.2) is 59.9 Å². The van der Waals surface area contributed by atoms with Gasteiger partial charge in [-0.15, -0.1) is 0 Å². The normalized spacial score (nSPS) is 11.2. The van der Waals surface area contributed by atoms with Gasteiger partial charge in [-0.25, -0.2) is 4.98 Å². The van der Waals surface area contributed by atoms with Crippen LogP contribution in [0, 0.1) is 12.8 Å². The Morgan fingerprint density at radius 2 is 1.88 bits per heavy atom. The molecule has 0 amide bonds. The topological polar surface area (TPSA) is 17.8 Å². The SMILES string of the molecule is Cc1ccc(-c2cnc(SCC(C)C)n2-c2cccc(Cl)c2)cc1.